The molecule has 0 spiro atoms. The number of aromatic amines is 1. The molecular formula is C5H8Cl2N4O. The Kier molecular flexibility index (Phi) is 5.40. The summed E-state index contributed by atoms with van der Waals surface area (Å²) in [5.74, 6) is 0.361. The van der Waals surface area contributed by atoms with Crippen LogP contribution in [0.4, 0.5) is 0 Å². The number of nitrogens with zero attached hydrogens (tertiary/aromatic N) is 2. The molecule has 1 heterocycles. The smallest absolute Gasteiger partial charge is 0.235 e. The maximum absolute atomic E-state index is 10.6. The first-order valence-electron chi connectivity index (χ1n) is 3.00. The highest BCUT2D eigenvalue weighted by Crippen LogP contribution is 1.83. The van der Waals surface area contributed by atoms with Crippen molar-refractivity contribution in [2.75, 3.05) is 5.88 Å². The van der Waals surface area contributed by atoms with Crippen LogP contribution in [0, 0.1) is 0 Å². The first-order chi connectivity index (χ1) is 5.33. The molecule has 0 unspecified atom stereocenters. The zero-order chi connectivity index (χ0) is 8.10. The normalized spacial score (nSPS) is 8.75. The van der Waals surface area contributed by atoms with E-state index in [-0.39, 0.29) is 24.2 Å². The highest BCUT2D eigenvalue weighted by Gasteiger charge is 1.98. The minimum Gasteiger partial charge on any atom is -0.348 e. The van der Waals surface area contributed by atoms with Crippen molar-refractivity contribution >= 4 is 29.9 Å². The van der Waals surface area contributed by atoms with Gasteiger partial charge in [-0.05, 0) is 0 Å². The SMILES string of the molecule is Cl.O=C(CCl)NCc1ncn[nH]1. The second-order valence-corrected chi connectivity index (χ2v) is 2.11. The van der Waals surface area contributed by atoms with Gasteiger partial charge in [0.1, 0.15) is 18.0 Å². The summed E-state index contributed by atoms with van der Waals surface area (Å²) in [5.41, 5.74) is 0. The van der Waals surface area contributed by atoms with Crippen LogP contribution in [-0.4, -0.2) is 27.0 Å². The van der Waals surface area contributed by atoms with Gasteiger partial charge in [-0.25, -0.2) is 4.98 Å². The van der Waals surface area contributed by atoms with Gasteiger partial charge in [0.15, 0.2) is 0 Å². The Morgan fingerprint density at radius 2 is 2.50 bits per heavy atom. The van der Waals surface area contributed by atoms with Crippen molar-refractivity contribution in [2.24, 2.45) is 0 Å². The van der Waals surface area contributed by atoms with E-state index in [1.165, 1.54) is 6.33 Å². The van der Waals surface area contributed by atoms with Gasteiger partial charge < -0.3 is 5.32 Å². The maximum atomic E-state index is 10.6. The van der Waals surface area contributed by atoms with Crippen molar-refractivity contribution in [2.45, 2.75) is 6.54 Å². The van der Waals surface area contributed by atoms with Crippen LogP contribution < -0.4 is 5.32 Å². The molecule has 0 fully saturated rings. The van der Waals surface area contributed by atoms with Crippen molar-refractivity contribution in [3.63, 3.8) is 0 Å². The third kappa shape index (κ3) is 3.54. The number of H-pyrrole nitrogens is 1. The van der Waals surface area contributed by atoms with Crippen LogP contribution in [-0.2, 0) is 11.3 Å². The second kappa shape index (κ2) is 5.79. The number of carbonyl (C=O) groups is 1. The van der Waals surface area contributed by atoms with Crippen molar-refractivity contribution < 1.29 is 4.79 Å². The predicted octanol–water partition coefficient (Wildman–Crippen LogP) is 0.0815. The van der Waals surface area contributed by atoms with E-state index >= 15 is 0 Å². The van der Waals surface area contributed by atoms with Crippen molar-refractivity contribution in [3.8, 4) is 0 Å². The standard InChI is InChI=1S/C5H7ClN4O.ClH/c6-1-5(11)7-2-4-8-3-9-10-4;/h3H,1-2H2,(H,7,11)(H,8,9,10);1H. The monoisotopic (exact) mass is 210 g/mol. The number of halogens is 2. The Bertz CT molecular complexity index is 225. The van der Waals surface area contributed by atoms with Crippen LogP contribution in [0.3, 0.4) is 0 Å². The molecule has 1 rings (SSSR count). The van der Waals surface area contributed by atoms with E-state index in [9.17, 15) is 4.79 Å². The topological polar surface area (TPSA) is 70.7 Å². The highest BCUT2D eigenvalue weighted by atomic mass is 35.5. The molecule has 2 N–H and O–H groups in total. The molecule has 0 bridgehead atoms. The number of carbonyl (C=O) groups excluding carboxylic acids is 1. The Labute approximate surface area is 80.3 Å². The van der Waals surface area contributed by atoms with Gasteiger partial charge in [0.2, 0.25) is 5.91 Å². The van der Waals surface area contributed by atoms with Gasteiger partial charge in [-0.15, -0.1) is 24.0 Å². The first kappa shape index (κ1) is 11.2. The van der Waals surface area contributed by atoms with Gasteiger partial charge in [0.05, 0.1) is 6.54 Å². The molecule has 5 nitrogen and oxygen atoms in total. The van der Waals surface area contributed by atoms with Gasteiger partial charge in [-0.2, -0.15) is 5.10 Å². The molecule has 0 saturated heterocycles. The van der Waals surface area contributed by atoms with Gasteiger partial charge in [0, 0.05) is 0 Å². The second-order valence-electron chi connectivity index (χ2n) is 1.84. The molecule has 12 heavy (non-hydrogen) atoms. The largest absolute Gasteiger partial charge is 0.348 e. The molecule has 0 aliphatic carbocycles. The van der Waals surface area contributed by atoms with Crippen LogP contribution in [0.2, 0.25) is 0 Å². The summed E-state index contributed by atoms with van der Waals surface area (Å²) in [6.45, 7) is 0.339. The van der Waals surface area contributed by atoms with Crippen LogP contribution in [0.1, 0.15) is 5.82 Å². The lowest BCUT2D eigenvalue weighted by Gasteiger charge is -1.97. The molecule has 0 aromatic carbocycles. The van der Waals surface area contributed by atoms with Crippen LogP contribution in [0.25, 0.3) is 0 Å². The summed E-state index contributed by atoms with van der Waals surface area (Å²) in [6, 6.07) is 0. The van der Waals surface area contributed by atoms with E-state index in [0.29, 0.717) is 12.4 Å². The highest BCUT2D eigenvalue weighted by molar-refractivity contribution is 6.27. The molecule has 0 aliphatic rings. The van der Waals surface area contributed by atoms with E-state index in [0.717, 1.165) is 0 Å². The summed E-state index contributed by atoms with van der Waals surface area (Å²) in [6.07, 6.45) is 1.38. The van der Waals surface area contributed by atoms with Crippen LogP contribution >= 0.6 is 24.0 Å². The van der Waals surface area contributed by atoms with Crippen molar-refractivity contribution in [1.29, 1.82) is 0 Å². The van der Waals surface area contributed by atoms with E-state index in [4.69, 9.17) is 11.6 Å². The Morgan fingerprint density at radius 1 is 1.75 bits per heavy atom. The van der Waals surface area contributed by atoms with Gasteiger partial charge in [0.25, 0.3) is 0 Å². The number of alkyl halides is 1. The van der Waals surface area contributed by atoms with E-state index in [1.54, 1.807) is 0 Å². The molecule has 68 valence electrons. The lowest BCUT2D eigenvalue weighted by atomic mass is 10.5. The number of amides is 1. The zero-order valence-electron chi connectivity index (χ0n) is 6.08. The van der Waals surface area contributed by atoms with Gasteiger partial charge in [-0.3, -0.25) is 9.89 Å². The van der Waals surface area contributed by atoms with E-state index < -0.39 is 0 Å². The summed E-state index contributed by atoms with van der Waals surface area (Å²) in [5, 5.41) is 8.73. The number of nitrogens with one attached hydrogen (secondary N) is 2. The third-order valence-electron chi connectivity index (χ3n) is 1.04. The fourth-order valence-electron chi connectivity index (χ4n) is 0.546. The van der Waals surface area contributed by atoms with Crippen molar-refractivity contribution in [3.05, 3.63) is 12.2 Å². The number of hydrogen-bond donors (Lipinski definition) is 2. The first-order valence-corrected chi connectivity index (χ1v) is 3.53. The Balaban J connectivity index is 0.00000121. The Hall–Kier alpha value is -0.810. The molecule has 0 radical (unpaired) electrons. The average Bonchev–Trinajstić information content (AvgIpc) is 2.52. The minimum atomic E-state index is -0.219. The predicted molar refractivity (Wildman–Crippen MR) is 46.2 cm³/mol. The molecule has 1 aromatic rings. The number of aromatic nitrogens is 3. The zero-order valence-corrected chi connectivity index (χ0v) is 7.65. The molecule has 0 atom stereocenters. The van der Waals surface area contributed by atoms with E-state index in [1.807, 2.05) is 0 Å². The maximum Gasteiger partial charge on any atom is 0.235 e. The third-order valence-corrected chi connectivity index (χ3v) is 1.28. The lowest BCUT2D eigenvalue weighted by Crippen LogP contribution is -2.24. The Morgan fingerprint density at radius 3 is 3.00 bits per heavy atom. The van der Waals surface area contributed by atoms with Crippen LogP contribution in [0.15, 0.2) is 6.33 Å². The quantitative estimate of drug-likeness (QED) is 0.695. The number of rotatable bonds is 3. The summed E-state index contributed by atoms with van der Waals surface area (Å²) in [7, 11) is 0. The molecule has 0 saturated carbocycles. The average molecular weight is 211 g/mol. The summed E-state index contributed by atoms with van der Waals surface area (Å²) < 4.78 is 0. The van der Waals surface area contributed by atoms with Crippen LogP contribution in [0.5, 0.6) is 0 Å². The van der Waals surface area contributed by atoms with Gasteiger partial charge >= 0.3 is 0 Å². The molecule has 1 amide bonds. The fourth-order valence-corrected chi connectivity index (χ4v) is 0.640. The molecule has 7 heteroatoms. The summed E-state index contributed by atoms with van der Waals surface area (Å²) >= 11 is 5.23. The van der Waals surface area contributed by atoms with Crippen molar-refractivity contribution in [1.82, 2.24) is 20.5 Å². The molecule has 1 aromatic heterocycles. The minimum absolute atomic E-state index is 0. The lowest BCUT2D eigenvalue weighted by molar-refractivity contribution is -0.118. The molecule has 0 aliphatic heterocycles. The fraction of sp³-hybridized carbons (Fsp3) is 0.400. The van der Waals surface area contributed by atoms with Gasteiger partial charge in [-0.1, -0.05) is 0 Å². The van der Waals surface area contributed by atoms with E-state index in [2.05, 4.69) is 20.5 Å². The number of hydrogen-bond acceptors (Lipinski definition) is 3. The molecular weight excluding hydrogens is 203 g/mol. The summed E-state index contributed by atoms with van der Waals surface area (Å²) in [4.78, 5) is 14.4.